The molecule has 0 saturated heterocycles. The average Bonchev–Trinajstić information content (AvgIpc) is 3.72. The van der Waals surface area contributed by atoms with Crippen molar-refractivity contribution in [3.8, 4) is 16.9 Å². The van der Waals surface area contributed by atoms with E-state index in [1.54, 1.807) is 13.0 Å². The van der Waals surface area contributed by atoms with Crippen LogP contribution in [-0.4, -0.2) is 39.3 Å². The standard InChI is InChI=1S/C29H29ClF2N2O6S/c1-2-39-27(35)14-21(18-9-11-19(12-10-18)41(37,38)16-17-7-8-17)28(36)34-25-13-22(23(30)15-24(25)33)20-5-3-4-6-26(20)40-29(31)32/h3-6,9-13,15,17,21,29H,2,7-8,14,16,33H2,1H3,(H,34,36). The van der Waals surface area contributed by atoms with Crippen LogP contribution in [-0.2, 0) is 24.2 Å². The van der Waals surface area contributed by atoms with E-state index in [0.717, 1.165) is 12.8 Å². The van der Waals surface area contributed by atoms with Gasteiger partial charge in [-0.3, -0.25) is 9.59 Å². The van der Waals surface area contributed by atoms with Crippen molar-refractivity contribution in [1.82, 2.24) is 0 Å². The number of ether oxygens (including phenoxy) is 2. The van der Waals surface area contributed by atoms with Gasteiger partial charge in [0.1, 0.15) is 5.75 Å². The maximum Gasteiger partial charge on any atom is 0.387 e. The lowest BCUT2D eigenvalue weighted by Gasteiger charge is -2.19. The molecule has 0 spiro atoms. The van der Waals surface area contributed by atoms with Crippen LogP contribution in [0, 0.1) is 5.92 Å². The van der Waals surface area contributed by atoms with Gasteiger partial charge in [-0.2, -0.15) is 8.78 Å². The number of hydrogen-bond acceptors (Lipinski definition) is 7. The summed E-state index contributed by atoms with van der Waals surface area (Å²) < 4.78 is 61.0. The van der Waals surface area contributed by atoms with Crippen molar-refractivity contribution < 1.29 is 36.3 Å². The normalized spacial score (nSPS) is 14.0. The van der Waals surface area contributed by atoms with Crippen LogP contribution >= 0.6 is 11.6 Å². The van der Waals surface area contributed by atoms with Gasteiger partial charge < -0.3 is 20.5 Å². The Morgan fingerprint density at radius 2 is 1.76 bits per heavy atom. The van der Waals surface area contributed by atoms with E-state index in [9.17, 15) is 26.8 Å². The van der Waals surface area contributed by atoms with Gasteiger partial charge >= 0.3 is 12.6 Å². The molecule has 0 heterocycles. The minimum atomic E-state index is -3.47. The van der Waals surface area contributed by atoms with Gasteiger partial charge in [-0.15, -0.1) is 0 Å². The molecule has 1 atom stereocenters. The summed E-state index contributed by atoms with van der Waals surface area (Å²) in [5.41, 5.74) is 7.26. The molecule has 1 unspecified atom stereocenters. The maximum absolute atomic E-state index is 13.5. The van der Waals surface area contributed by atoms with Crippen LogP contribution in [0.1, 0.15) is 37.7 Å². The smallest absolute Gasteiger partial charge is 0.387 e. The number of halogens is 3. The summed E-state index contributed by atoms with van der Waals surface area (Å²) >= 11 is 6.38. The van der Waals surface area contributed by atoms with Crippen LogP contribution < -0.4 is 15.8 Å². The highest BCUT2D eigenvalue weighted by molar-refractivity contribution is 7.91. The van der Waals surface area contributed by atoms with E-state index < -0.39 is 34.2 Å². The molecular formula is C29H29ClF2N2O6S. The van der Waals surface area contributed by atoms with Crippen molar-refractivity contribution in [2.45, 2.75) is 43.6 Å². The van der Waals surface area contributed by atoms with E-state index >= 15 is 0 Å². The molecule has 0 aliphatic heterocycles. The Hall–Kier alpha value is -3.70. The molecule has 8 nitrogen and oxygen atoms in total. The van der Waals surface area contributed by atoms with Crippen molar-refractivity contribution in [1.29, 1.82) is 0 Å². The van der Waals surface area contributed by atoms with E-state index in [0.29, 0.717) is 5.56 Å². The number of alkyl halides is 2. The van der Waals surface area contributed by atoms with Crippen molar-refractivity contribution in [3.63, 3.8) is 0 Å². The number of rotatable bonds is 12. The van der Waals surface area contributed by atoms with Crippen molar-refractivity contribution in [2.24, 2.45) is 5.92 Å². The van der Waals surface area contributed by atoms with Crippen LogP contribution in [0.5, 0.6) is 5.75 Å². The number of para-hydroxylation sites is 1. The van der Waals surface area contributed by atoms with Gasteiger partial charge in [0.05, 0.1) is 46.0 Å². The number of carbonyl (C=O) groups excluding carboxylic acids is 2. The Bertz CT molecular complexity index is 1530. The number of amides is 1. The molecule has 3 aromatic rings. The first-order valence-electron chi connectivity index (χ1n) is 12.9. The average molecular weight is 607 g/mol. The summed E-state index contributed by atoms with van der Waals surface area (Å²) in [5, 5.41) is 2.83. The first kappa shape index (κ1) is 30.3. The van der Waals surface area contributed by atoms with E-state index in [1.807, 2.05) is 0 Å². The summed E-state index contributed by atoms with van der Waals surface area (Å²) in [6.07, 6.45) is 1.46. The molecule has 41 heavy (non-hydrogen) atoms. The third-order valence-electron chi connectivity index (χ3n) is 6.58. The van der Waals surface area contributed by atoms with Gasteiger partial charge in [-0.25, -0.2) is 8.42 Å². The topological polar surface area (TPSA) is 125 Å². The van der Waals surface area contributed by atoms with Gasteiger partial charge in [-0.1, -0.05) is 41.9 Å². The van der Waals surface area contributed by atoms with E-state index in [-0.39, 0.29) is 62.9 Å². The fourth-order valence-electron chi connectivity index (χ4n) is 4.36. The molecule has 1 aliphatic carbocycles. The van der Waals surface area contributed by atoms with Crippen LogP contribution in [0.15, 0.2) is 65.6 Å². The molecule has 0 bridgehead atoms. The largest absolute Gasteiger partial charge is 0.466 e. The first-order valence-corrected chi connectivity index (χ1v) is 14.9. The number of nitrogens with two attached hydrogens (primary N) is 1. The van der Waals surface area contributed by atoms with Gasteiger partial charge in [0, 0.05) is 11.1 Å². The Kier molecular flexibility index (Phi) is 9.49. The second kappa shape index (κ2) is 12.9. The van der Waals surface area contributed by atoms with Crippen molar-refractivity contribution in [3.05, 3.63) is 71.2 Å². The Balaban J connectivity index is 1.64. The summed E-state index contributed by atoms with van der Waals surface area (Å²) in [5.74, 6) is -2.18. The number of hydrogen-bond donors (Lipinski definition) is 2. The zero-order valence-electron chi connectivity index (χ0n) is 22.1. The van der Waals surface area contributed by atoms with Gasteiger partial charge in [0.25, 0.3) is 0 Å². The number of esters is 1. The van der Waals surface area contributed by atoms with Crippen LogP contribution in [0.3, 0.4) is 0 Å². The van der Waals surface area contributed by atoms with Crippen molar-refractivity contribution >= 4 is 44.7 Å². The number of nitrogen functional groups attached to an aromatic ring is 1. The first-order chi connectivity index (χ1) is 19.5. The lowest BCUT2D eigenvalue weighted by atomic mass is 9.94. The molecule has 1 aliphatic rings. The van der Waals surface area contributed by atoms with Crippen LogP contribution in [0.4, 0.5) is 20.2 Å². The Morgan fingerprint density at radius 1 is 1.07 bits per heavy atom. The third kappa shape index (κ3) is 7.74. The zero-order chi connectivity index (χ0) is 29.7. The van der Waals surface area contributed by atoms with E-state index in [2.05, 4.69) is 10.1 Å². The minimum absolute atomic E-state index is 0.0722. The molecular weight excluding hydrogens is 578 g/mol. The lowest BCUT2D eigenvalue weighted by Crippen LogP contribution is -2.25. The molecule has 1 saturated carbocycles. The predicted molar refractivity (Wildman–Crippen MR) is 152 cm³/mol. The van der Waals surface area contributed by atoms with E-state index in [4.69, 9.17) is 22.1 Å². The number of sulfone groups is 1. The van der Waals surface area contributed by atoms with Gasteiger partial charge in [-0.05, 0) is 61.6 Å². The predicted octanol–water partition coefficient (Wildman–Crippen LogP) is 6.05. The number of benzene rings is 3. The summed E-state index contributed by atoms with van der Waals surface area (Å²) in [7, 11) is -3.47. The summed E-state index contributed by atoms with van der Waals surface area (Å²) in [6, 6.07) is 14.7. The molecule has 12 heteroatoms. The highest BCUT2D eigenvalue weighted by Crippen LogP contribution is 2.40. The Morgan fingerprint density at radius 3 is 2.39 bits per heavy atom. The fraction of sp³-hybridized carbons (Fsp3) is 0.310. The van der Waals surface area contributed by atoms with Crippen molar-refractivity contribution in [2.75, 3.05) is 23.4 Å². The van der Waals surface area contributed by atoms with Gasteiger partial charge in [0.2, 0.25) is 5.91 Å². The van der Waals surface area contributed by atoms with Gasteiger partial charge in [0.15, 0.2) is 9.84 Å². The number of anilines is 2. The zero-order valence-corrected chi connectivity index (χ0v) is 23.7. The molecule has 3 aromatic carbocycles. The highest BCUT2D eigenvalue weighted by Gasteiger charge is 2.30. The molecule has 1 fully saturated rings. The quantitative estimate of drug-likeness (QED) is 0.190. The molecule has 3 N–H and O–H groups in total. The fourth-order valence-corrected chi connectivity index (χ4v) is 6.33. The summed E-state index contributed by atoms with van der Waals surface area (Å²) in [4.78, 5) is 26.1. The SMILES string of the molecule is CCOC(=O)CC(C(=O)Nc1cc(-c2ccccc2OC(F)F)c(Cl)cc1N)c1ccc(S(=O)(=O)CC2CC2)cc1. The molecule has 1 amide bonds. The second-order valence-electron chi connectivity index (χ2n) is 9.64. The van der Waals surface area contributed by atoms with Crippen LogP contribution in [0.25, 0.3) is 11.1 Å². The number of carbonyl (C=O) groups is 2. The molecule has 0 radical (unpaired) electrons. The second-order valence-corrected chi connectivity index (χ2v) is 12.1. The van der Waals surface area contributed by atoms with E-state index in [1.165, 1.54) is 54.6 Å². The monoisotopic (exact) mass is 606 g/mol. The summed E-state index contributed by atoms with van der Waals surface area (Å²) in [6.45, 7) is -1.32. The molecule has 0 aromatic heterocycles. The maximum atomic E-state index is 13.5. The number of nitrogens with one attached hydrogen (secondary N) is 1. The minimum Gasteiger partial charge on any atom is -0.466 e. The Labute approximate surface area is 241 Å². The molecule has 218 valence electrons. The lowest BCUT2D eigenvalue weighted by molar-refractivity contribution is -0.144. The van der Waals surface area contributed by atoms with Crippen LogP contribution in [0.2, 0.25) is 5.02 Å². The highest BCUT2D eigenvalue weighted by atomic mass is 35.5. The molecule has 4 rings (SSSR count). The third-order valence-corrected chi connectivity index (χ3v) is 8.79.